The lowest BCUT2D eigenvalue weighted by Gasteiger charge is -2.32. The first-order valence-electron chi connectivity index (χ1n) is 12.8. The molecule has 0 radical (unpaired) electrons. The van der Waals surface area contributed by atoms with Gasteiger partial charge in [0.25, 0.3) is 0 Å². The van der Waals surface area contributed by atoms with Crippen molar-refractivity contribution in [3.8, 4) is 0 Å². The van der Waals surface area contributed by atoms with E-state index in [0.717, 1.165) is 41.7 Å². The van der Waals surface area contributed by atoms with Crippen LogP contribution in [0.5, 0.6) is 0 Å². The van der Waals surface area contributed by atoms with Crippen molar-refractivity contribution >= 4 is 58.4 Å². The molecule has 0 heterocycles. The summed E-state index contributed by atoms with van der Waals surface area (Å²) >= 11 is 20.2. The number of rotatable bonds is 11. The van der Waals surface area contributed by atoms with Gasteiger partial charge in [0.05, 0.1) is 0 Å². The molecule has 0 unspecified atom stereocenters. The first-order chi connectivity index (χ1) is 18.4. The number of thioether (sulfide) groups is 1. The molecule has 0 aliphatic heterocycles. The summed E-state index contributed by atoms with van der Waals surface area (Å²) in [5.41, 5.74) is 1.75. The minimum absolute atomic E-state index is 0.0972. The van der Waals surface area contributed by atoms with Gasteiger partial charge in [0.1, 0.15) is 6.04 Å². The second kappa shape index (κ2) is 14.3. The van der Waals surface area contributed by atoms with Crippen molar-refractivity contribution < 1.29 is 9.59 Å². The molecule has 0 spiro atoms. The predicted octanol–water partition coefficient (Wildman–Crippen LogP) is 7.83. The van der Waals surface area contributed by atoms with Gasteiger partial charge in [-0.2, -0.15) is 0 Å². The second-order valence-corrected chi connectivity index (χ2v) is 12.0. The summed E-state index contributed by atoms with van der Waals surface area (Å²) in [7, 11) is 0. The molecule has 3 aromatic carbocycles. The van der Waals surface area contributed by atoms with E-state index in [2.05, 4.69) is 5.32 Å². The van der Waals surface area contributed by atoms with Crippen LogP contribution in [-0.4, -0.2) is 34.6 Å². The molecule has 1 saturated carbocycles. The van der Waals surface area contributed by atoms with Crippen molar-refractivity contribution in [2.24, 2.45) is 0 Å². The maximum Gasteiger partial charge on any atom is 0.243 e. The van der Waals surface area contributed by atoms with Crippen LogP contribution in [0.3, 0.4) is 0 Å². The van der Waals surface area contributed by atoms with Gasteiger partial charge < -0.3 is 10.2 Å². The molecule has 8 heteroatoms. The highest BCUT2D eigenvalue weighted by Gasteiger charge is 2.32. The standard InChI is InChI=1S/C30H31Cl3N2O2S/c31-23-12-14-26(15-13-23)38-17-16-29(36)35(20-22-10-11-24(32)19-27(22)33)28(18-21-6-2-1-3-7-21)30(37)34-25-8-4-5-9-25/h1-3,6-7,10-15,19,25,28H,4-5,8-9,16-18,20H2,(H,34,37)/t28-/m1/s1. The van der Waals surface area contributed by atoms with Gasteiger partial charge in [0.2, 0.25) is 11.8 Å². The van der Waals surface area contributed by atoms with E-state index in [-0.39, 0.29) is 30.8 Å². The normalized spacial score (nSPS) is 14.3. The van der Waals surface area contributed by atoms with Gasteiger partial charge >= 0.3 is 0 Å². The number of halogens is 3. The lowest BCUT2D eigenvalue weighted by molar-refractivity contribution is -0.141. The maximum atomic E-state index is 13.8. The molecule has 1 fully saturated rings. The molecule has 4 rings (SSSR count). The zero-order valence-corrected chi connectivity index (χ0v) is 24.1. The summed E-state index contributed by atoms with van der Waals surface area (Å²) in [6, 6.07) is 22.1. The Morgan fingerprint density at radius 2 is 1.61 bits per heavy atom. The van der Waals surface area contributed by atoms with Gasteiger partial charge in [-0.1, -0.05) is 84.0 Å². The highest BCUT2D eigenvalue weighted by atomic mass is 35.5. The third kappa shape index (κ3) is 8.41. The molecular formula is C30H31Cl3N2O2S. The van der Waals surface area contributed by atoms with Gasteiger partial charge in [0, 0.05) is 51.1 Å². The smallest absolute Gasteiger partial charge is 0.243 e. The van der Waals surface area contributed by atoms with Crippen LogP contribution in [0.15, 0.2) is 77.7 Å². The lowest BCUT2D eigenvalue weighted by Crippen LogP contribution is -2.52. The number of amides is 2. The average molecular weight is 590 g/mol. The Hall–Kier alpha value is -2.18. The summed E-state index contributed by atoms with van der Waals surface area (Å²) in [5, 5.41) is 4.90. The average Bonchev–Trinajstić information content (AvgIpc) is 3.42. The Balaban J connectivity index is 1.58. The van der Waals surface area contributed by atoms with E-state index >= 15 is 0 Å². The van der Waals surface area contributed by atoms with Crippen LogP contribution in [0.25, 0.3) is 0 Å². The predicted molar refractivity (Wildman–Crippen MR) is 158 cm³/mol. The topological polar surface area (TPSA) is 49.4 Å². The van der Waals surface area contributed by atoms with E-state index in [1.807, 2.05) is 60.7 Å². The fraction of sp³-hybridized carbons (Fsp3) is 0.333. The van der Waals surface area contributed by atoms with E-state index in [0.29, 0.717) is 27.2 Å². The first kappa shape index (κ1) is 28.8. The van der Waals surface area contributed by atoms with Crippen LogP contribution in [0.2, 0.25) is 15.1 Å². The molecule has 0 saturated heterocycles. The summed E-state index contributed by atoms with van der Waals surface area (Å²) in [6.45, 7) is 0.218. The third-order valence-corrected chi connectivity index (χ3v) is 8.58. The van der Waals surface area contributed by atoms with Gasteiger partial charge in [0.15, 0.2) is 0 Å². The number of carbonyl (C=O) groups is 2. The summed E-state index contributed by atoms with van der Waals surface area (Å²) in [5.74, 6) is 0.359. The van der Waals surface area contributed by atoms with E-state index in [4.69, 9.17) is 34.8 Å². The number of nitrogens with zero attached hydrogens (tertiary/aromatic N) is 1. The van der Waals surface area contributed by atoms with Crippen LogP contribution in [0.4, 0.5) is 0 Å². The van der Waals surface area contributed by atoms with Gasteiger partial charge in [-0.25, -0.2) is 0 Å². The molecule has 4 nitrogen and oxygen atoms in total. The van der Waals surface area contributed by atoms with Crippen LogP contribution in [0, 0.1) is 0 Å². The van der Waals surface area contributed by atoms with Crippen molar-refractivity contribution in [3.63, 3.8) is 0 Å². The molecule has 1 aliphatic carbocycles. The van der Waals surface area contributed by atoms with Crippen LogP contribution < -0.4 is 5.32 Å². The SMILES string of the molecule is O=C(NC1CCCC1)[C@@H](Cc1ccccc1)N(Cc1ccc(Cl)cc1Cl)C(=O)CCSc1ccc(Cl)cc1. The Morgan fingerprint density at radius 1 is 0.921 bits per heavy atom. The Labute approximate surface area is 244 Å². The fourth-order valence-electron chi connectivity index (χ4n) is 4.69. The monoisotopic (exact) mass is 588 g/mol. The number of carbonyl (C=O) groups excluding carboxylic acids is 2. The molecular weight excluding hydrogens is 559 g/mol. The van der Waals surface area contributed by atoms with Gasteiger partial charge in [-0.3, -0.25) is 9.59 Å². The highest BCUT2D eigenvalue weighted by Crippen LogP contribution is 2.26. The van der Waals surface area contributed by atoms with E-state index in [1.165, 1.54) is 0 Å². The van der Waals surface area contributed by atoms with Crippen LogP contribution in [0.1, 0.15) is 43.2 Å². The second-order valence-electron chi connectivity index (χ2n) is 9.51. The summed E-state index contributed by atoms with van der Waals surface area (Å²) in [6.07, 6.45) is 4.86. The van der Waals surface area contributed by atoms with E-state index in [9.17, 15) is 9.59 Å². The molecule has 1 atom stereocenters. The minimum atomic E-state index is -0.669. The molecule has 1 N–H and O–H groups in total. The molecule has 0 bridgehead atoms. The van der Waals surface area contributed by atoms with Crippen LogP contribution >= 0.6 is 46.6 Å². The number of hydrogen-bond acceptors (Lipinski definition) is 3. The molecule has 1 aliphatic rings. The third-order valence-electron chi connectivity index (χ3n) is 6.73. The number of benzene rings is 3. The van der Waals surface area contributed by atoms with Crippen molar-refractivity contribution in [2.75, 3.05) is 5.75 Å². The minimum Gasteiger partial charge on any atom is -0.352 e. The summed E-state index contributed by atoms with van der Waals surface area (Å²) in [4.78, 5) is 30.2. The Bertz CT molecular complexity index is 1220. The van der Waals surface area contributed by atoms with Gasteiger partial charge in [-0.15, -0.1) is 11.8 Å². The molecule has 2 amide bonds. The Morgan fingerprint density at radius 3 is 2.29 bits per heavy atom. The molecule has 3 aromatic rings. The zero-order valence-electron chi connectivity index (χ0n) is 21.0. The molecule has 0 aromatic heterocycles. The lowest BCUT2D eigenvalue weighted by atomic mass is 10.0. The van der Waals surface area contributed by atoms with Crippen molar-refractivity contribution in [1.82, 2.24) is 10.2 Å². The largest absolute Gasteiger partial charge is 0.352 e. The molecule has 200 valence electrons. The maximum absolute atomic E-state index is 13.8. The Kier molecular flexibility index (Phi) is 10.8. The summed E-state index contributed by atoms with van der Waals surface area (Å²) < 4.78 is 0. The van der Waals surface area contributed by atoms with Crippen LogP contribution in [-0.2, 0) is 22.6 Å². The van der Waals surface area contributed by atoms with E-state index in [1.54, 1.807) is 28.8 Å². The van der Waals surface area contributed by atoms with Gasteiger partial charge in [-0.05, 0) is 60.4 Å². The number of hydrogen-bond donors (Lipinski definition) is 1. The fourth-order valence-corrected chi connectivity index (χ4v) is 6.12. The van der Waals surface area contributed by atoms with Crippen molar-refractivity contribution in [1.29, 1.82) is 0 Å². The van der Waals surface area contributed by atoms with Crippen molar-refractivity contribution in [3.05, 3.63) is 99.0 Å². The first-order valence-corrected chi connectivity index (χ1v) is 15.0. The highest BCUT2D eigenvalue weighted by molar-refractivity contribution is 7.99. The molecule has 38 heavy (non-hydrogen) atoms. The van der Waals surface area contributed by atoms with E-state index < -0.39 is 6.04 Å². The quantitative estimate of drug-likeness (QED) is 0.232. The van der Waals surface area contributed by atoms with Crippen molar-refractivity contribution in [2.45, 2.75) is 62.0 Å². The number of nitrogens with one attached hydrogen (secondary N) is 1. The zero-order chi connectivity index (χ0) is 26.9.